The molecule has 19 heavy (non-hydrogen) atoms. The van der Waals surface area contributed by atoms with Crippen molar-refractivity contribution >= 4 is 26.0 Å². The first-order chi connectivity index (χ1) is 9.00. The summed E-state index contributed by atoms with van der Waals surface area (Å²) in [4.78, 5) is -0.171. The monoisotopic (exact) mass is 349 g/mol. The lowest BCUT2D eigenvalue weighted by Gasteiger charge is -2.21. The smallest absolute Gasteiger partial charge is 0.207 e. The lowest BCUT2D eigenvalue weighted by atomic mass is 10.1. The van der Waals surface area contributed by atoms with E-state index in [0.717, 1.165) is 38.2 Å². The van der Waals surface area contributed by atoms with Crippen LogP contribution >= 0.6 is 15.9 Å². The number of hydrogen-bond acceptors (Lipinski definition) is 2. The molecule has 1 fully saturated rings. The molecule has 2 rings (SSSR count). The van der Waals surface area contributed by atoms with Crippen LogP contribution in [0.1, 0.15) is 32.1 Å². The highest BCUT2D eigenvalue weighted by molar-refractivity contribution is 9.09. The van der Waals surface area contributed by atoms with Gasteiger partial charge in [0.2, 0.25) is 10.0 Å². The van der Waals surface area contributed by atoms with Gasteiger partial charge in [-0.05, 0) is 25.0 Å². The summed E-state index contributed by atoms with van der Waals surface area (Å²) in [5.41, 5.74) is 0. The molecule has 0 amide bonds. The van der Waals surface area contributed by atoms with E-state index in [1.807, 2.05) is 0 Å². The van der Waals surface area contributed by atoms with Crippen LogP contribution in [0, 0.1) is 5.82 Å². The maximum Gasteiger partial charge on any atom is 0.243 e. The molecule has 1 N–H and O–H groups in total. The van der Waals surface area contributed by atoms with Gasteiger partial charge in [0.25, 0.3) is 0 Å². The summed E-state index contributed by atoms with van der Waals surface area (Å²) in [6.45, 7) is 0. The molecule has 6 heteroatoms. The molecule has 0 bridgehead atoms. The predicted octanol–water partition coefficient (Wildman–Crippen LogP) is 3.20. The van der Waals surface area contributed by atoms with Crippen molar-refractivity contribution in [3.05, 3.63) is 30.1 Å². The van der Waals surface area contributed by atoms with Gasteiger partial charge < -0.3 is 0 Å². The van der Waals surface area contributed by atoms with Gasteiger partial charge in [-0.15, -0.1) is 0 Å². The molecule has 1 saturated carbocycles. The van der Waals surface area contributed by atoms with E-state index < -0.39 is 15.8 Å². The Hall–Kier alpha value is -0.460. The zero-order valence-corrected chi connectivity index (χ0v) is 12.9. The Kier molecular flexibility index (Phi) is 4.97. The number of rotatable bonds is 3. The fraction of sp³-hybridized carbons (Fsp3) is 0.538. The van der Waals surface area contributed by atoms with Gasteiger partial charge in [0, 0.05) is 10.9 Å². The summed E-state index contributed by atoms with van der Waals surface area (Å²) < 4.78 is 40.6. The summed E-state index contributed by atoms with van der Waals surface area (Å²) >= 11 is 3.53. The third kappa shape index (κ3) is 3.77. The van der Waals surface area contributed by atoms with E-state index >= 15 is 0 Å². The lowest BCUT2D eigenvalue weighted by molar-refractivity contribution is 0.513. The molecule has 0 spiro atoms. The number of nitrogens with one attached hydrogen (secondary N) is 1. The third-order valence-corrected chi connectivity index (χ3v) is 5.98. The lowest BCUT2D eigenvalue weighted by Crippen LogP contribution is -2.40. The van der Waals surface area contributed by atoms with Crippen molar-refractivity contribution in [3.63, 3.8) is 0 Å². The average Bonchev–Trinajstić information content (AvgIpc) is 2.55. The largest absolute Gasteiger partial charge is 0.243 e. The van der Waals surface area contributed by atoms with Crippen LogP contribution in [-0.2, 0) is 10.0 Å². The number of sulfonamides is 1. The van der Waals surface area contributed by atoms with Crippen LogP contribution in [0.4, 0.5) is 4.39 Å². The van der Waals surface area contributed by atoms with Crippen LogP contribution in [0.5, 0.6) is 0 Å². The molecule has 0 radical (unpaired) electrons. The van der Waals surface area contributed by atoms with Gasteiger partial charge in [-0.3, -0.25) is 0 Å². The second kappa shape index (κ2) is 6.33. The molecule has 1 aromatic rings. The fourth-order valence-corrected chi connectivity index (χ4v) is 4.61. The topological polar surface area (TPSA) is 46.2 Å². The first-order valence-electron chi connectivity index (χ1n) is 6.41. The van der Waals surface area contributed by atoms with Gasteiger partial charge >= 0.3 is 0 Å². The molecule has 1 aromatic carbocycles. The first kappa shape index (κ1) is 14.9. The molecule has 0 aliphatic heterocycles. The molecule has 0 saturated heterocycles. The molecule has 2 atom stereocenters. The van der Waals surface area contributed by atoms with Crippen LogP contribution in [0.15, 0.2) is 29.2 Å². The minimum atomic E-state index is -3.79. The molecular weight excluding hydrogens is 333 g/mol. The zero-order chi connectivity index (χ0) is 13.9. The molecule has 0 aromatic heterocycles. The van der Waals surface area contributed by atoms with Crippen molar-refractivity contribution in [2.24, 2.45) is 0 Å². The molecule has 106 valence electrons. The third-order valence-electron chi connectivity index (χ3n) is 3.36. The van der Waals surface area contributed by atoms with Crippen molar-refractivity contribution in [2.45, 2.75) is 47.9 Å². The Morgan fingerprint density at radius 2 is 1.84 bits per heavy atom. The highest BCUT2D eigenvalue weighted by Crippen LogP contribution is 2.25. The Morgan fingerprint density at radius 3 is 2.58 bits per heavy atom. The maximum absolute atomic E-state index is 13.6. The van der Waals surface area contributed by atoms with E-state index in [9.17, 15) is 12.8 Å². The number of halogens is 2. The quantitative estimate of drug-likeness (QED) is 0.672. The Balaban J connectivity index is 2.19. The summed E-state index contributed by atoms with van der Waals surface area (Å²) in [5, 5.41) is 0. The highest BCUT2D eigenvalue weighted by Gasteiger charge is 2.28. The van der Waals surface area contributed by atoms with E-state index in [-0.39, 0.29) is 15.8 Å². The Labute approximate surface area is 121 Å². The molecule has 1 aliphatic carbocycles. The van der Waals surface area contributed by atoms with E-state index in [1.165, 1.54) is 18.2 Å². The van der Waals surface area contributed by atoms with Crippen LogP contribution in [-0.4, -0.2) is 19.3 Å². The number of alkyl halides is 1. The van der Waals surface area contributed by atoms with Gasteiger partial charge in [-0.25, -0.2) is 17.5 Å². The van der Waals surface area contributed by atoms with Crippen molar-refractivity contribution in [1.29, 1.82) is 0 Å². The minimum absolute atomic E-state index is 0.108. The second-order valence-corrected chi connectivity index (χ2v) is 7.67. The van der Waals surface area contributed by atoms with Crippen molar-refractivity contribution < 1.29 is 12.8 Å². The average molecular weight is 350 g/mol. The SMILES string of the molecule is O=S(=O)(NC1CCCCCC1Br)c1ccccc1F. The van der Waals surface area contributed by atoms with Crippen LogP contribution in [0.3, 0.4) is 0 Å². The summed E-state index contributed by atoms with van der Waals surface area (Å²) in [6, 6.07) is 5.28. The Bertz CT molecular complexity index is 535. The Morgan fingerprint density at radius 1 is 1.16 bits per heavy atom. The highest BCUT2D eigenvalue weighted by atomic mass is 79.9. The predicted molar refractivity (Wildman–Crippen MR) is 76.3 cm³/mol. The molecule has 0 heterocycles. The van der Waals surface area contributed by atoms with Crippen LogP contribution in [0.25, 0.3) is 0 Å². The summed E-state index contributed by atoms with van der Waals surface area (Å²) in [5.74, 6) is -0.713. The molecule has 3 nitrogen and oxygen atoms in total. The minimum Gasteiger partial charge on any atom is -0.207 e. The number of benzene rings is 1. The fourth-order valence-electron chi connectivity index (χ4n) is 2.32. The van der Waals surface area contributed by atoms with E-state index in [0.29, 0.717) is 0 Å². The van der Waals surface area contributed by atoms with E-state index in [2.05, 4.69) is 20.7 Å². The molecule has 1 aliphatic rings. The van der Waals surface area contributed by atoms with Gasteiger partial charge in [0.1, 0.15) is 10.7 Å². The summed E-state index contributed by atoms with van der Waals surface area (Å²) in [6.07, 6.45) is 4.91. The van der Waals surface area contributed by atoms with Crippen LogP contribution in [0.2, 0.25) is 0 Å². The summed E-state index contributed by atoms with van der Waals surface area (Å²) in [7, 11) is -3.79. The molecular formula is C13H17BrFNO2S. The van der Waals surface area contributed by atoms with Gasteiger partial charge in [-0.2, -0.15) is 0 Å². The maximum atomic E-state index is 13.6. The first-order valence-corrected chi connectivity index (χ1v) is 8.81. The normalized spacial score (nSPS) is 24.9. The standard InChI is InChI=1S/C13H17BrFNO2S/c14-10-6-2-1-3-8-12(10)16-19(17,18)13-9-5-4-7-11(13)15/h4-5,7,9-10,12,16H,1-3,6,8H2. The zero-order valence-electron chi connectivity index (χ0n) is 10.5. The van der Waals surface area contributed by atoms with Gasteiger partial charge in [0.15, 0.2) is 0 Å². The van der Waals surface area contributed by atoms with Gasteiger partial charge in [-0.1, -0.05) is 47.3 Å². The van der Waals surface area contributed by atoms with Gasteiger partial charge in [0.05, 0.1) is 0 Å². The van der Waals surface area contributed by atoms with E-state index in [1.54, 1.807) is 0 Å². The second-order valence-electron chi connectivity index (χ2n) is 4.81. The van der Waals surface area contributed by atoms with E-state index in [4.69, 9.17) is 0 Å². The molecule has 2 unspecified atom stereocenters. The van der Waals surface area contributed by atoms with Crippen molar-refractivity contribution in [1.82, 2.24) is 4.72 Å². The van der Waals surface area contributed by atoms with Crippen molar-refractivity contribution in [3.8, 4) is 0 Å². The number of hydrogen-bond donors (Lipinski definition) is 1. The van der Waals surface area contributed by atoms with Crippen molar-refractivity contribution in [2.75, 3.05) is 0 Å². The van der Waals surface area contributed by atoms with Crippen LogP contribution < -0.4 is 4.72 Å².